The quantitative estimate of drug-likeness (QED) is 0.205. The van der Waals surface area contributed by atoms with Gasteiger partial charge in [0.1, 0.15) is 0 Å². The van der Waals surface area contributed by atoms with Gasteiger partial charge in [0.15, 0.2) is 11.8 Å². The molecule has 0 radical (unpaired) electrons. The van der Waals surface area contributed by atoms with Crippen molar-refractivity contribution in [1.29, 1.82) is 0 Å². The van der Waals surface area contributed by atoms with Crippen molar-refractivity contribution in [2.24, 2.45) is 5.41 Å². The summed E-state index contributed by atoms with van der Waals surface area (Å²) in [6, 6.07) is 1.83. The fraction of sp³-hybridized carbons (Fsp3) is 0.577. The predicted octanol–water partition coefficient (Wildman–Crippen LogP) is 4.48. The Morgan fingerprint density at radius 3 is 2.32 bits per heavy atom. The molecule has 0 aromatic heterocycles. The first-order valence-electron chi connectivity index (χ1n) is 12.4. The molecule has 0 saturated carbocycles. The summed E-state index contributed by atoms with van der Waals surface area (Å²) in [7, 11) is 1.23. The van der Waals surface area contributed by atoms with Gasteiger partial charge in [-0.15, -0.1) is 0 Å². The maximum atomic E-state index is 13.4. The fourth-order valence-corrected chi connectivity index (χ4v) is 3.95. The van der Waals surface area contributed by atoms with Crippen LogP contribution in [0.15, 0.2) is 18.2 Å². The third kappa shape index (κ3) is 7.52. The van der Waals surface area contributed by atoms with Gasteiger partial charge in [-0.3, -0.25) is 19.2 Å². The highest BCUT2D eigenvalue weighted by Crippen LogP contribution is 2.30. The second-order valence-electron chi connectivity index (χ2n) is 10.3. The van der Waals surface area contributed by atoms with Gasteiger partial charge in [0.05, 0.1) is 10.7 Å². The molecule has 2 rings (SSSR count). The molecule has 1 aromatic rings. The van der Waals surface area contributed by atoms with Gasteiger partial charge in [-0.1, -0.05) is 65.0 Å². The normalized spacial score (nSPS) is 18.4. The number of methoxy groups -OCH3 is 1. The molecule has 1 saturated heterocycles. The largest absolute Gasteiger partial charge is 0.351 e. The molecular weight excluding hydrogens is 500 g/mol. The van der Waals surface area contributed by atoms with E-state index >= 15 is 0 Å². The van der Waals surface area contributed by atoms with Crippen molar-refractivity contribution in [2.75, 3.05) is 17.7 Å². The van der Waals surface area contributed by atoms with Crippen LogP contribution in [0, 0.1) is 5.41 Å². The van der Waals surface area contributed by atoms with E-state index in [1.54, 1.807) is 26.8 Å². The van der Waals surface area contributed by atoms with Gasteiger partial charge >= 0.3 is 6.03 Å². The van der Waals surface area contributed by atoms with E-state index in [1.807, 2.05) is 0 Å². The number of anilines is 2. The summed E-state index contributed by atoms with van der Waals surface area (Å²) in [6.45, 7) is 8.19. The minimum absolute atomic E-state index is 0.112. The van der Waals surface area contributed by atoms with E-state index < -0.39 is 40.8 Å². The number of urea groups is 1. The number of amides is 5. The zero-order chi connectivity index (χ0) is 28.0. The van der Waals surface area contributed by atoms with Crippen LogP contribution in [0.5, 0.6) is 0 Å². The van der Waals surface area contributed by atoms with Crippen LogP contribution in [0.25, 0.3) is 0 Å². The molecule has 1 aromatic carbocycles. The summed E-state index contributed by atoms with van der Waals surface area (Å²) in [5.41, 5.74) is -2.27. The van der Waals surface area contributed by atoms with Crippen LogP contribution in [0.1, 0.15) is 73.1 Å². The number of nitrogens with zero attached hydrogens (tertiary/aromatic N) is 1. The zero-order valence-electron chi connectivity index (χ0n) is 22.3. The third-order valence-corrected chi connectivity index (χ3v) is 6.44. The molecule has 0 bridgehead atoms. The van der Waals surface area contributed by atoms with Crippen LogP contribution < -0.4 is 16.0 Å². The summed E-state index contributed by atoms with van der Waals surface area (Å²) in [4.78, 5) is 65.3. The average molecular weight is 537 g/mol. The van der Waals surface area contributed by atoms with E-state index in [9.17, 15) is 24.0 Å². The molecular formula is C26H37ClN4O6. The molecule has 11 heteroatoms. The number of unbranched alkanes of at least 4 members (excludes halogenated alkanes) is 4. The number of benzene rings is 1. The van der Waals surface area contributed by atoms with Crippen molar-refractivity contribution in [3.8, 4) is 0 Å². The first-order valence-corrected chi connectivity index (χ1v) is 12.8. The topological polar surface area (TPSA) is 134 Å². The highest BCUT2D eigenvalue weighted by Gasteiger charge is 2.55. The molecule has 1 aliphatic heterocycles. The average Bonchev–Trinajstić information content (AvgIpc) is 3.04. The van der Waals surface area contributed by atoms with Gasteiger partial charge in [-0.25, -0.2) is 9.69 Å². The van der Waals surface area contributed by atoms with E-state index in [-0.39, 0.29) is 16.6 Å². The number of ketones is 1. The Bertz CT molecular complexity index is 1050. The van der Waals surface area contributed by atoms with Gasteiger partial charge in [0.2, 0.25) is 11.6 Å². The van der Waals surface area contributed by atoms with Crippen LogP contribution >= 0.6 is 11.6 Å². The van der Waals surface area contributed by atoms with Crippen molar-refractivity contribution in [3.63, 3.8) is 0 Å². The van der Waals surface area contributed by atoms with Crippen molar-refractivity contribution in [3.05, 3.63) is 23.2 Å². The number of rotatable bonds is 12. The van der Waals surface area contributed by atoms with Crippen molar-refractivity contribution in [2.45, 2.75) is 84.9 Å². The Labute approximate surface area is 222 Å². The van der Waals surface area contributed by atoms with E-state index in [2.05, 4.69) is 22.9 Å². The fourth-order valence-electron chi connectivity index (χ4n) is 3.79. The molecule has 10 nitrogen and oxygen atoms in total. The molecule has 1 fully saturated rings. The van der Waals surface area contributed by atoms with Gasteiger partial charge in [-0.05, 0) is 31.5 Å². The number of hydrogen-bond acceptors (Lipinski definition) is 6. The lowest BCUT2D eigenvalue weighted by Crippen LogP contribution is -2.56. The Morgan fingerprint density at radius 1 is 1.11 bits per heavy atom. The lowest BCUT2D eigenvalue weighted by molar-refractivity contribution is -0.153. The van der Waals surface area contributed by atoms with Gasteiger partial charge in [0, 0.05) is 24.6 Å². The Balaban J connectivity index is 2.25. The predicted molar refractivity (Wildman–Crippen MR) is 141 cm³/mol. The van der Waals surface area contributed by atoms with Crippen LogP contribution in [0.2, 0.25) is 5.02 Å². The number of carbonyl (C=O) groups excluding carboxylic acids is 5. The summed E-state index contributed by atoms with van der Waals surface area (Å²) in [6.07, 6.45) is 5.44. The maximum absolute atomic E-state index is 13.4. The number of hydrogen-bond donors (Lipinski definition) is 3. The molecule has 2 unspecified atom stereocenters. The van der Waals surface area contributed by atoms with Gasteiger partial charge in [-0.2, -0.15) is 0 Å². The molecule has 204 valence electrons. The zero-order valence-corrected chi connectivity index (χ0v) is 23.1. The minimum Gasteiger partial charge on any atom is -0.351 e. The van der Waals surface area contributed by atoms with E-state index in [0.29, 0.717) is 17.0 Å². The third-order valence-electron chi connectivity index (χ3n) is 6.11. The number of ether oxygens (including phenoxy) is 1. The lowest BCUT2D eigenvalue weighted by Gasteiger charge is -2.29. The van der Waals surface area contributed by atoms with E-state index in [1.165, 1.54) is 26.2 Å². The number of imide groups is 1. The van der Waals surface area contributed by atoms with E-state index in [0.717, 1.165) is 32.1 Å². The SMILES string of the molecule is CCCCCCCC(=O)Nc1ccc(Cl)c(NC(=O)C(C(=O)C(C)(C)C)N2C(=O)NC(C)(OC)C2=O)c1. The lowest BCUT2D eigenvalue weighted by atomic mass is 9.85. The van der Waals surface area contributed by atoms with Crippen LogP contribution in [-0.4, -0.2) is 53.3 Å². The molecule has 3 N–H and O–H groups in total. The molecule has 1 aliphatic rings. The molecule has 2 atom stereocenters. The van der Waals surface area contributed by atoms with Gasteiger partial charge < -0.3 is 20.7 Å². The molecule has 5 amide bonds. The molecule has 0 aliphatic carbocycles. The molecule has 37 heavy (non-hydrogen) atoms. The van der Waals surface area contributed by atoms with Gasteiger partial charge in [0.25, 0.3) is 11.8 Å². The number of carbonyl (C=O) groups is 5. The molecule has 0 spiro atoms. The maximum Gasteiger partial charge on any atom is 0.328 e. The van der Waals surface area contributed by atoms with Crippen molar-refractivity contribution in [1.82, 2.24) is 10.2 Å². The minimum atomic E-state index is -1.78. The first kappa shape index (κ1) is 30.2. The van der Waals surface area contributed by atoms with Crippen molar-refractivity contribution < 1.29 is 28.7 Å². The van der Waals surface area contributed by atoms with Crippen LogP contribution in [0.3, 0.4) is 0 Å². The summed E-state index contributed by atoms with van der Waals surface area (Å²) < 4.78 is 5.12. The standard InChI is InChI=1S/C26H37ClN4O6/c1-7-8-9-10-11-12-19(32)28-16-13-14-17(27)18(15-16)29-22(34)20(21(33)25(2,3)4)31-23(35)26(5,37-6)30-24(31)36/h13-15,20H,7-12H2,1-6H3,(H,28,32)(H,29,34)(H,30,36). The van der Waals surface area contributed by atoms with Crippen LogP contribution in [-0.2, 0) is 23.9 Å². The summed E-state index contributed by atoms with van der Waals surface area (Å²) in [5, 5.41) is 7.84. The highest BCUT2D eigenvalue weighted by molar-refractivity contribution is 6.34. The van der Waals surface area contributed by atoms with Crippen molar-refractivity contribution >= 4 is 52.5 Å². The number of Topliss-reactive ketones (excluding diaryl/α,β-unsaturated/α-hetero) is 1. The van der Waals surface area contributed by atoms with Crippen LogP contribution in [0.4, 0.5) is 16.2 Å². The Morgan fingerprint density at radius 2 is 1.76 bits per heavy atom. The van der Waals surface area contributed by atoms with E-state index in [4.69, 9.17) is 16.3 Å². The molecule has 1 heterocycles. The monoisotopic (exact) mass is 536 g/mol. The smallest absolute Gasteiger partial charge is 0.328 e. The number of nitrogens with one attached hydrogen (secondary N) is 3. The summed E-state index contributed by atoms with van der Waals surface area (Å²) in [5.74, 6) is -2.62. The highest BCUT2D eigenvalue weighted by atomic mass is 35.5. The number of halogens is 1. The first-order chi connectivity index (χ1) is 17.2. The Kier molecular flexibility index (Phi) is 10.2. The second-order valence-corrected chi connectivity index (χ2v) is 10.7. The Hall–Kier alpha value is -2.98. The second kappa shape index (κ2) is 12.5. The summed E-state index contributed by atoms with van der Waals surface area (Å²) >= 11 is 6.28.